The molecular weight excluding hydrogens is 304 g/mol. The molecule has 0 radical (unpaired) electrons. The summed E-state index contributed by atoms with van der Waals surface area (Å²) in [5.74, 6) is -0.320. The number of urea groups is 1. The summed E-state index contributed by atoms with van der Waals surface area (Å²) < 4.78 is 0. The molecule has 0 spiro atoms. The van der Waals surface area contributed by atoms with Crippen molar-refractivity contribution in [3.63, 3.8) is 0 Å². The minimum absolute atomic E-state index is 0.184. The zero-order valence-electron chi connectivity index (χ0n) is 13.8. The van der Waals surface area contributed by atoms with Gasteiger partial charge in [0.15, 0.2) is 0 Å². The van der Waals surface area contributed by atoms with Gasteiger partial charge in [0.2, 0.25) is 0 Å². The van der Waals surface area contributed by atoms with Gasteiger partial charge >= 0.3 is 6.03 Å². The van der Waals surface area contributed by atoms with Gasteiger partial charge in [-0.05, 0) is 18.1 Å². The van der Waals surface area contributed by atoms with Gasteiger partial charge in [-0.25, -0.2) is 4.79 Å². The highest BCUT2D eigenvalue weighted by atomic mass is 16.7. The molecule has 0 aromatic heterocycles. The molecule has 0 N–H and O–H groups in total. The van der Waals surface area contributed by atoms with E-state index >= 15 is 0 Å². The first-order chi connectivity index (χ1) is 11.6. The van der Waals surface area contributed by atoms with E-state index in [1.807, 2.05) is 61.5 Å². The van der Waals surface area contributed by atoms with Gasteiger partial charge in [-0.3, -0.25) is 9.63 Å². The predicted octanol–water partition coefficient (Wildman–Crippen LogP) is 2.93. The van der Waals surface area contributed by atoms with E-state index in [-0.39, 0.29) is 12.5 Å². The average Bonchev–Trinajstić information content (AvgIpc) is 2.79. The number of carbonyl (C=O) groups excluding carboxylic acids is 2. The first-order valence-electron chi connectivity index (χ1n) is 7.89. The van der Waals surface area contributed by atoms with Crippen LogP contribution in [0, 0.1) is 6.92 Å². The van der Waals surface area contributed by atoms with Crippen LogP contribution in [0.15, 0.2) is 54.6 Å². The van der Waals surface area contributed by atoms with Gasteiger partial charge < -0.3 is 4.90 Å². The lowest BCUT2D eigenvalue weighted by molar-refractivity contribution is -0.167. The molecule has 1 heterocycles. The van der Waals surface area contributed by atoms with Gasteiger partial charge in [-0.15, -0.1) is 5.06 Å². The van der Waals surface area contributed by atoms with Crippen molar-refractivity contribution in [3.8, 4) is 0 Å². The fourth-order valence-electron chi connectivity index (χ4n) is 2.68. The Morgan fingerprint density at radius 1 is 0.958 bits per heavy atom. The summed E-state index contributed by atoms with van der Waals surface area (Å²) in [4.78, 5) is 31.8. The van der Waals surface area contributed by atoms with E-state index in [2.05, 4.69) is 0 Å². The molecule has 0 saturated carbocycles. The molecule has 1 atom stereocenters. The molecule has 1 aliphatic rings. The molecule has 1 saturated heterocycles. The second-order valence-electron chi connectivity index (χ2n) is 5.99. The smallest absolute Gasteiger partial charge is 0.313 e. The van der Waals surface area contributed by atoms with Crippen LogP contribution in [0.1, 0.15) is 16.7 Å². The number of benzene rings is 2. The maximum absolute atomic E-state index is 12.6. The number of likely N-dealkylation sites (N-methyl/N-ethyl adjacent to an activating group) is 1. The van der Waals surface area contributed by atoms with Crippen LogP contribution in [-0.2, 0) is 22.7 Å². The van der Waals surface area contributed by atoms with Crippen LogP contribution in [0.25, 0.3) is 0 Å². The fourth-order valence-corrected chi connectivity index (χ4v) is 2.68. The minimum atomic E-state index is -0.532. The molecule has 124 valence electrons. The fraction of sp³-hybridized carbons (Fsp3) is 0.263. The number of aryl methyl sites for hydroxylation is 1. The third-order valence-corrected chi connectivity index (χ3v) is 4.18. The van der Waals surface area contributed by atoms with Crippen molar-refractivity contribution in [3.05, 3.63) is 71.3 Å². The summed E-state index contributed by atoms with van der Waals surface area (Å²) in [6.07, 6.45) is 0.479. The number of hydrogen-bond donors (Lipinski definition) is 0. The summed E-state index contributed by atoms with van der Waals surface area (Å²) in [5, 5.41) is 0.881. The van der Waals surface area contributed by atoms with Crippen molar-refractivity contribution < 1.29 is 14.4 Å². The largest absolute Gasteiger partial charge is 0.351 e. The maximum Gasteiger partial charge on any atom is 0.351 e. The summed E-state index contributed by atoms with van der Waals surface area (Å²) in [6, 6.07) is 16.5. The van der Waals surface area contributed by atoms with E-state index in [0.29, 0.717) is 6.42 Å². The van der Waals surface area contributed by atoms with E-state index < -0.39 is 12.1 Å². The molecule has 3 rings (SSSR count). The topological polar surface area (TPSA) is 49.9 Å². The van der Waals surface area contributed by atoms with E-state index in [9.17, 15) is 9.59 Å². The summed E-state index contributed by atoms with van der Waals surface area (Å²) in [7, 11) is 1.63. The maximum atomic E-state index is 12.6. The van der Waals surface area contributed by atoms with Crippen molar-refractivity contribution in [2.75, 3.05) is 7.05 Å². The van der Waals surface area contributed by atoms with Gasteiger partial charge in [0, 0.05) is 13.5 Å². The normalized spacial score (nSPS) is 17.7. The van der Waals surface area contributed by atoms with Crippen molar-refractivity contribution in [2.24, 2.45) is 0 Å². The number of imide groups is 1. The Morgan fingerprint density at radius 3 is 2.29 bits per heavy atom. The predicted molar refractivity (Wildman–Crippen MR) is 89.9 cm³/mol. The molecule has 0 bridgehead atoms. The molecule has 5 heteroatoms. The second kappa shape index (κ2) is 6.84. The van der Waals surface area contributed by atoms with Crippen LogP contribution in [-0.4, -0.2) is 35.0 Å². The SMILES string of the molecule is Cc1ccc(C[C@H]2C(=O)N(OCc3ccccc3)C(=O)N2C)cc1. The van der Waals surface area contributed by atoms with Crippen molar-refractivity contribution in [1.29, 1.82) is 0 Å². The summed E-state index contributed by atoms with van der Waals surface area (Å²) in [5.41, 5.74) is 3.08. The second-order valence-corrected chi connectivity index (χ2v) is 5.99. The van der Waals surface area contributed by atoms with E-state index in [1.165, 1.54) is 4.90 Å². The molecular formula is C19H20N2O3. The number of amides is 3. The van der Waals surface area contributed by atoms with E-state index in [1.54, 1.807) is 7.05 Å². The van der Waals surface area contributed by atoms with Gasteiger partial charge in [-0.1, -0.05) is 60.2 Å². The molecule has 0 unspecified atom stereocenters. The Labute approximate surface area is 141 Å². The lowest BCUT2D eigenvalue weighted by Gasteiger charge is -2.15. The quantitative estimate of drug-likeness (QED) is 0.795. The minimum Gasteiger partial charge on any atom is -0.313 e. The highest BCUT2D eigenvalue weighted by molar-refractivity contribution is 6.03. The summed E-state index contributed by atoms with van der Waals surface area (Å²) >= 11 is 0. The van der Waals surface area contributed by atoms with Gasteiger partial charge in [0.1, 0.15) is 12.6 Å². The van der Waals surface area contributed by atoms with Crippen LogP contribution in [0.2, 0.25) is 0 Å². The Kier molecular flexibility index (Phi) is 4.62. The number of hydroxylamine groups is 2. The van der Waals surface area contributed by atoms with Crippen LogP contribution >= 0.6 is 0 Å². The van der Waals surface area contributed by atoms with E-state index in [0.717, 1.165) is 21.8 Å². The van der Waals surface area contributed by atoms with Gasteiger partial charge in [0.25, 0.3) is 5.91 Å². The lowest BCUT2D eigenvalue weighted by atomic mass is 10.0. The van der Waals surface area contributed by atoms with Gasteiger partial charge in [0.05, 0.1) is 0 Å². The van der Waals surface area contributed by atoms with Crippen LogP contribution in [0.4, 0.5) is 4.79 Å². The standard InChI is InChI=1S/C19H20N2O3/c1-14-8-10-15(11-9-14)12-17-18(22)21(19(23)20(17)2)24-13-16-6-4-3-5-7-16/h3-11,17H,12-13H2,1-2H3/t17-/m0/s1. The Bertz CT molecular complexity index is 728. The molecule has 1 fully saturated rings. The Morgan fingerprint density at radius 2 is 1.62 bits per heavy atom. The molecule has 24 heavy (non-hydrogen) atoms. The molecule has 5 nitrogen and oxygen atoms in total. The molecule has 2 aromatic carbocycles. The first-order valence-corrected chi connectivity index (χ1v) is 7.89. The van der Waals surface area contributed by atoms with Crippen molar-refractivity contribution >= 4 is 11.9 Å². The number of hydrogen-bond acceptors (Lipinski definition) is 3. The monoisotopic (exact) mass is 324 g/mol. The van der Waals surface area contributed by atoms with Crippen molar-refractivity contribution in [2.45, 2.75) is 26.0 Å². The number of carbonyl (C=O) groups is 2. The third kappa shape index (κ3) is 3.31. The number of nitrogens with zero attached hydrogens (tertiary/aromatic N) is 2. The molecule has 2 aromatic rings. The Balaban J connectivity index is 1.68. The zero-order chi connectivity index (χ0) is 17.1. The van der Waals surface area contributed by atoms with Crippen LogP contribution in [0.5, 0.6) is 0 Å². The van der Waals surface area contributed by atoms with Crippen LogP contribution < -0.4 is 0 Å². The third-order valence-electron chi connectivity index (χ3n) is 4.18. The van der Waals surface area contributed by atoms with E-state index in [4.69, 9.17) is 4.84 Å². The highest BCUT2D eigenvalue weighted by Crippen LogP contribution is 2.21. The molecule has 1 aliphatic heterocycles. The lowest BCUT2D eigenvalue weighted by Crippen LogP contribution is -2.33. The first kappa shape index (κ1) is 16.2. The molecule has 0 aliphatic carbocycles. The summed E-state index contributed by atoms with van der Waals surface area (Å²) in [6.45, 7) is 2.20. The Hall–Kier alpha value is -2.66. The average molecular weight is 324 g/mol. The van der Waals surface area contributed by atoms with Crippen LogP contribution in [0.3, 0.4) is 0 Å². The zero-order valence-corrected chi connectivity index (χ0v) is 13.8. The molecule has 3 amide bonds. The van der Waals surface area contributed by atoms with Crippen molar-refractivity contribution in [1.82, 2.24) is 9.96 Å². The number of rotatable bonds is 5. The highest BCUT2D eigenvalue weighted by Gasteiger charge is 2.44. The van der Waals surface area contributed by atoms with Gasteiger partial charge in [-0.2, -0.15) is 0 Å².